The number of hydrogen-bond donors (Lipinski definition) is 2. The van der Waals surface area contributed by atoms with Crippen molar-refractivity contribution in [1.82, 2.24) is 15.0 Å². The van der Waals surface area contributed by atoms with Gasteiger partial charge < -0.3 is 10.3 Å². The van der Waals surface area contributed by atoms with Gasteiger partial charge in [-0.1, -0.05) is 47.1 Å². The number of anilines is 1. The molecule has 0 saturated heterocycles. The van der Waals surface area contributed by atoms with Gasteiger partial charge in [-0.15, -0.1) is 11.3 Å². The van der Waals surface area contributed by atoms with Gasteiger partial charge in [0.1, 0.15) is 5.69 Å². The minimum absolute atomic E-state index is 0.156. The van der Waals surface area contributed by atoms with Gasteiger partial charge in [0.15, 0.2) is 5.13 Å². The topological polar surface area (TPSA) is 87.7 Å². The zero-order valence-electron chi connectivity index (χ0n) is 16.2. The van der Waals surface area contributed by atoms with Crippen molar-refractivity contribution in [1.29, 1.82) is 0 Å². The molecule has 8 heteroatoms. The summed E-state index contributed by atoms with van der Waals surface area (Å²) in [6.07, 6.45) is 1.25. The molecular formula is C22H19BrN4O2S. The molecule has 2 aromatic carbocycles. The second-order valence-corrected chi connectivity index (χ2v) is 8.73. The monoisotopic (exact) mass is 482 g/mol. The first kappa shape index (κ1) is 20.4. The van der Waals surface area contributed by atoms with Gasteiger partial charge in [-0.05, 0) is 30.7 Å². The maximum atomic E-state index is 12.5. The molecule has 2 N–H and O–H groups in total. The van der Waals surface area contributed by atoms with Gasteiger partial charge >= 0.3 is 0 Å². The standard InChI is InChI=1S/C22H19BrN4O2S/c1-2-18-20(13-7-9-14(23)10-8-13)27-22(30-18)26-19(28)12-11-17-21(29)25-16-6-4-3-5-15(16)24-17/h3-10H,2,11-12H2,1H3,(H,25,29)(H,26,27,28). The summed E-state index contributed by atoms with van der Waals surface area (Å²) in [4.78, 5) is 37.6. The lowest BCUT2D eigenvalue weighted by Crippen LogP contribution is -2.18. The normalized spacial score (nSPS) is 11.0. The van der Waals surface area contributed by atoms with Gasteiger partial charge in [-0.25, -0.2) is 9.97 Å². The third-order valence-electron chi connectivity index (χ3n) is 4.64. The number of carbonyl (C=O) groups excluding carboxylic acids is 1. The fourth-order valence-corrected chi connectivity index (χ4v) is 4.33. The molecule has 0 atom stereocenters. The second-order valence-electron chi connectivity index (χ2n) is 6.73. The van der Waals surface area contributed by atoms with Gasteiger partial charge in [0.2, 0.25) is 5.91 Å². The summed E-state index contributed by atoms with van der Waals surface area (Å²) in [6, 6.07) is 15.3. The van der Waals surface area contributed by atoms with Gasteiger partial charge in [-0.2, -0.15) is 0 Å². The van der Waals surface area contributed by atoms with Crippen molar-refractivity contribution >= 4 is 49.3 Å². The quantitative estimate of drug-likeness (QED) is 0.407. The number of nitrogens with zero attached hydrogens (tertiary/aromatic N) is 2. The van der Waals surface area contributed by atoms with E-state index in [2.05, 4.69) is 43.1 Å². The van der Waals surface area contributed by atoms with E-state index < -0.39 is 0 Å². The fraction of sp³-hybridized carbons (Fsp3) is 0.182. The van der Waals surface area contributed by atoms with E-state index in [9.17, 15) is 9.59 Å². The summed E-state index contributed by atoms with van der Waals surface area (Å²) in [5.74, 6) is -0.192. The summed E-state index contributed by atoms with van der Waals surface area (Å²) in [7, 11) is 0. The van der Waals surface area contributed by atoms with Crippen LogP contribution in [0.4, 0.5) is 5.13 Å². The Morgan fingerprint density at radius 1 is 1.13 bits per heavy atom. The number of H-pyrrole nitrogens is 1. The summed E-state index contributed by atoms with van der Waals surface area (Å²) in [5, 5.41) is 3.43. The summed E-state index contributed by atoms with van der Waals surface area (Å²) < 4.78 is 1.00. The number of aromatic amines is 1. The summed E-state index contributed by atoms with van der Waals surface area (Å²) in [5.41, 5.74) is 3.39. The van der Waals surface area contributed by atoms with E-state index in [1.165, 1.54) is 11.3 Å². The van der Waals surface area contributed by atoms with Crippen LogP contribution in [0.2, 0.25) is 0 Å². The van der Waals surface area contributed by atoms with Crippen LogP contribution in [-0.4, -0.2) is 20.9 Å². The lowest BCUT2D eigenvalue weighted by atomic mass is 10.1. The molecule has 0 saturated carbocycles. The lowest BCUT2D eigenvalue weighted by molar-refractivity contribution is -0.116. The minimum atomic E-state index is -0.262. The van der Waals surface area contributed by atoms with Crippen molar-refractivity contribution in [2.75, 3.05) is 5.32 Å². The number of aryl methyl sites for hydroxylation is 2. The highest BCUT2D eigenvalue weighted by Crippen LogP contribution is 2.32. The average Bonchev–Trinajstić information content (AvgIpc) is 3.15. The molecule has 1 amide bonds. The Labute approximate surface area is 185 Å². The van der Waals surface area contributed by atoms with Gasteiger partial charge in [0.05, 0.1) is 16.7 Å². The molecule has 30 heavy (non-hydrogen) atoms. The van der Waals surface area contributed by atoms with Crippen molar-refractivity contribution in [2.24, 2.45) is 0 Å². The predicted octanol–water partition coefficient (Wildman–Crippen LogP) is 4.94. The first-order chi connectivity index (χ1) is 14.5. The molecule has 152 valence electrons. The van der Waals surface area contributed by atoms with Crippen LogP contribution in [0.1, 0.15) is 23.9 Å². The summed E-state index contributed by atoms with van der Waals surface area (Å²) in [6.45, 7) is 2.07. The Bertz CT molecular complexity index is 1260. The minimum Gasteiger partial charge on any atom is -0.319 e. The van der Waals surface area contributed by atoms with E-state index in [1.54, 1.807) is 6.07 Å². The van der Waals surface area contributed by atoms with Crippen LogP contribution >= 0.6 is 27.3 Å². The van der Waals surface area contributed by atoms with Crippen LogP contribution in [-0.2, 0) is 17.6 Å². The number of nitrogens with one attached hydrogen (secondary N) is 2. The number of fused-ring (bicyclic) bond motifs is 1. The van der Waals surface area contributed by atoms with Crippen molar-refractivity contribution in [3.63, 3.8) is 0 Å². The Kier molecular flexibility index (Phi) is 6.06. The molecule has 0 bridgehead atoms. The third-order valence-corrected chi connectivity index (χ3v) is 6.28. The van der Waals surface area contributed by atoms with Crippen LogP contribution in [0.5, 0.6) is 0 Å². The van der Waals surface area contributed by atoms with E-state index in [0.717, 1.165) is 27.0 Å². The molecule has 4 aromatic rings. The number of rotatable bonds is 6. The van der Waals surface area contributed by atoms with Crippen LogP contribution in [0.3, 0.4) is 0 Å². The molecular weight excluding hydrogens is 464 g/mol. The van der Waals surface area contributed by atoms with Gasteiger partial charge in [-0.3, -0.25) is 9.59 Å². The third kappa shape index (κ3) is 4.49. The molecule has 2 aromatic heterocycles. The molecule has 0 unspecified atom stereocenters. The SMILES string of the molecule is CCc1sc(NC(=O)CCc2nc3ccccc3[nH]c2=O)nc1-c1ccc(Br)cc1. The predicted molar refractivity (Wildman–Crippen MR) is 124 cm³/mol. The molecule has 0 radical (unpaired) electrons. The van der Waals surface area contributed by atoms with E-state index in [-0.39, 0.29) is 24.3 Å². The maximum Gasteiger partial charge on any atom is 0.270 e. The zero-order valence-corrected chi connectivity index (χ0v) is 18.6. The molecule has 0 spiro atoms. The number of amides is 1. The van der Waals surface area contributed by atoms with E-state index >= 15 is 0 Å². The number of benzene rings is 2. The van der Waals surface area contributed by atoms with E-state index in [0.29, 0.717) is 21.9 Å². The van der Waals surface area contributed by atoms with Gasteiger partial charge in [0.25, 0.3) is 5.56 Å². The smallest absolute Gasteiger partial charge is 0.270 e. The Morgan fingerprint density at radius 2 is 1.90 bits per heavy atom. The van der Waals surface area contributed by atoms with Crippen molar-refractivity contribution < 1.29 is 4.79 Å². The van der Waals surface area contributed by atoms with Crippen LogP contribution < -0.4 is 10.9 Å². The number of hydrogen-bond acceptors (Lipinski definition) is 5. The zero-order chi connectivity index (χ0) is 21.1. The highest BCUT2D eigenvalue weighted by atomic mass is 79.9. The molecule has 0 fully saturated rings. The number of halogens is 1. The molecule has 6 nitrogen and oxygen atoms in total. The van der Waals surface area contributed by atoms with Gasteiger partial charge in [0, 0.05) is 27.8 Å². The number of carbonyl (C=O) groups is 1. The number of aromatic nitrogens is 3. The van der Waals surface area contributed by atoms with Crippen LogP contribution in [0.25, 0.3) is 22.3 Å². The first-order valence-electron chi connectivity index (χ1n) is 9.57. The Balaban J connectivity index is 1.46. The highest BCUT2D eigenvalue weighted by Gasteiger charge is 2.15. The van der Waals surface area contributed by atoms with Crippen molar-refractivity contribution in [3.05, 3.63) is 73.9 Å². The average molecular weight is 483 g/mol. The molecule has 2 heterocycles. The van der Waals surface area contributed by atoms with Crippen LogP contribution in [0, 0.1) is 0 Å². The molecule has 4 rings (SSSR count). The first-order valence-corrected chi connectivity index (χ1v) is 11.2. The highest BCUT2D eigenvalue weighted by molar-refractivity contribution is 9.10. The van der Waals surface area contributed by atoms with Crippen molar-refractivity contribution in [2.45, 2.75) is 26.2 Å². The Hall–Kier alpha value is -2.84. The van der Waals surface area contributed by atoms with Crippen molar-refractivity contribution in [3.8, 4) is 11.3 Å². The number of thiazole rings is 1. The number of para-hydroxylation sites is 2. The molecule has 0 aliphatic heterocycles. The van der Waals surface area contributed by atoms with E-state index in [1.807, 2.05) is 42.5 Å². The lowest BCUT2D eigenvalue weighted by Gasteiger charge is -2.03. The van der Waals surface area contributed by atoms with E-state index in [4.69, 9.17) is 0 Å². The largest absolute Gasteiger partial charge is 0.319 e. The molecule has 0 aliphatic carbocycles. The molecule has 0 aliphatic rings. The summed E-state index contributed by atoms with van der Waals surface area (Å²) >= 11 is 4.92. The van der Waals surface area contributed by atoms with Crippen LogP contribution in [0.15, 0.2) is 57.8 Å². The fourth-order valence-electron chi connectivity index (χ4n) is 3.13. The Morgan fingerprint density at radius 3 is 2.67 bits per heavy atom. The second kappa shape index (κ2) is 8.89. The maximum absolute atomic E-state index is 12.5.